The number of ether oxygens (including phenoxy) is 1. The second-order valence-electron chi connectivity index (χ2n) is 6.71. The van der Waals surface area contributed by atoms with Gasteiger partial charge in [0.25, 0.3) is 0 Å². The zero-order valence-corrected chi connectivity index (χ0v) is 16.0. The number of aromatic nitrogens is 4. The minimum atomic E-state index is -0.0745. The number of halogens is 1. The molecule has 3 aromatic heterocycles. The Bertz CT molecular complexity index is 1050. The van der Waals surface area contributed by atoms with E-state index in [4.69, 9.17) is 21.3 Å². The first-order valence-corrected chi connectivity index (χ1v) is 9.72. The van der Waals surface area contributed by atoms with Crippen molar-refractivity contribution in [3.8, 4) is 11.4 Å². The summed E-state index contributed by atoms with van der Waals surface area (Å²) < 4.78 is 7.44. The maximum Gasteiger partial charge on any atom is 0.148 e. The summed E-state index contributed by atoms with van der Waals surface area (Å²) in [6.45, 7) is 3.73. The molecule has 1 fully saturated rings. The molecular formula is C20H19ClN6O. The van der Waals surface area contributed by atoms with Crippen molar-refractivity contribution in [2.45, 2.75) is 5.38 Å². The van der Waals surface area contributed by atoms with Gasteiger partial charge in [-0.15, -0.1) is 11.6 Å². The Morgan fingerprint density at radius 2 is 2.00 bits per heavy atom. The molecule has 0 aliphatic carbocycles. The quantitative estimate of drug-likeness (QED) is 0.625. The molecule has 0 spiro atoms. The van der Waals surface area contributed by atoms with Gasteiger partial charge in [-0.1, -0.05) is 6.08 Å². The summed E-state index contributed by atoms with van der Waals surface area (Å²) in [5.41, 5.74) is 2.70. The van der Waals surface area contributed by atoms with E-state index in [9.17, 15) is 0 Å². The second-order valence-corrected chi connectivity index (χ2v) is 7.27. The van der Waals surface area contributed by atoms with E-state index in [0.717, 1.165) is 60.4 Å². The summed E-state index contributed by atoms with van der Waals surface area (Å²) in [4.78, 5) is 20.6. The fraction of sp³-hybridized carbons (Fsp3) is 0.300. The number of fused-ring (bicyclic) bond motifs is 1. The summed E-state index contributed by atoms with van der Waals surface area (Å²) in [6.07, 6.45) is 9.32. The Balaban J connectivity index is 1.57. The van der Waals surface area contributed by atoms with Gasteiger partial charge in [-0.3, -0.25) is 14.5 Å². The summed E-state index contributed by atoms with van der Waals surface area (Å²) >= 11 is 6.15. The van der Waals surface area contributed by atoms with Gasteiger partial charge in [-0.25, -0.2) is 9.97 Å². The molecule has 3 aromatic rings. The standard InChI is InChI=1S/C20H19ClN6O/c21-15-2-4-19(24-12-15)27-17-13-22-6-5-16(17)25-20(27)14-1-3-18(23-11-14)26-7-9-28-10-8-26/h1-6,11,13,15H,7-10,12H2. The molecule has 1 unspecified atom stereocenters. The zero-order chi connectivity index (χ0) is 18.9. The van der Waals surface area contributed by atoms with Gasteiger partial charge in [0.05, 0.1) is 42.4 Å². The van der Waals surface area contributed by atoms with Gasteiger partial charge in [0.2, 0.25) is 0 Å². The van der Waals surface area contributed by atoms with Crippen LogP contribution in [-0.2, 0) is 4.74 Å². The molecule has 2 aliphatic rings. The van der Waals surface area contributed by atoms with E-state index >= 15 is 0 Å². The number of allylic oxidation sites excluding steroid dienone is 1. The van der Waals surface area contributed by atoms with Gasteiger partial charge in [-0.2, -0.15) is 0 Å². The van der Waals surface area contributed by atoms with E-state index in [-0.39, 0.29) is 5.38 Å². The predicted octanol–water partition coefficient (Wildman–Crippen LogP) is 2.75. The maximum atomic E-state index is 6.15. The van der Waals surface area contributed by atoms with Gasteiger partial charge in [0.15, 0.2) is 0 Å². The van der Waals surface area contributed by atoms with E-state index in [1.54, 1.807) is 6.20 Å². The van der Waals surface area contributed by atoms with Crippen LogP contribution in [0.2, 0.25) is 0 Å². The highest BCUT2D eigenvalue weighted by Crippen LogP contribution is 2.26. The Morgan fingerprint density at radius 1 is 1.11 bits per heavy atom. The van der Waals surface area contributed by atoms with Crippen LogP contribution in [0, 0.1) is 0 Å². The number of rotatable bonds is 2. The second kappa shape index (κ2) is 7.33. The van der Waals surface area contributed by atoms with E-state index in [1.165, 1.54) is 0 Å². The molecule has 1 atom stereocenters. The number of morpholine rings is 1. The topological polar surface area (TPSA) is 68.4 Å². The molecule has 0 N–H and O–H groups in total. The van der Waals surface area contributed by atoms with E-state index in [2.05, 4.69) is 25.9 Å². The summed E-state index contributed by atoms with van der Waals surface area (Å²) in [5, 5.41) is -0.0745. The van der Waals surface area contributed by atoms with E-state index in [1.807, 2.05) is 41.2 Å². The van der Waals surface area contributed by atoms with Crippen LogP contribution in [0.25, 0.3) is 22.4 Å². The number of hydrogen-bond acceptors (Lipinski definition) is 6. The molecule has 5 heterocycles. The minimum absolute atomic E-state index is 0.0745. The number of pyridine rings is 2. The first-order chi connectivity index (χ1) is 13.8. The molecule has 0 aromatic carbocycles. The van der Waals surface area contributed by atoms with Crippen LogP contribution in [0.5, 0.6) is 0 Å². The fourth-order valence-electron chi connectivity index (χ4n) is 3.48. The number of dihydropyridines is 1. The molecule has 142 valence electrons. The summed E-state index contributed by atoms with van der Waals surface area (Å²) in [6, 6.07) is 6.00. The lowest BCUT2D eigenvalue weighted by molar-refractivity contribution is 0.122. The van der Waals surface area contributed by atoms with Gasteiger partial charge in [-0.05, 0) is 24.3 Å². The van der Waals surface area contributed by atoms with Gasteiger partial charge in [0, 0.05) is 31.0 Å². The third kappa shape index (κ3) is 3.16. The Morgan fingerprint density at radius 3 is 2.75 bits per heavy atom. The van der Waals surface area contributed by atoms with Gasteiger partial charge in [0.1, 0.15) is 17.5 Å². The SMILES string of the molecule is ClC1C=CC(n2c(-c3ccc(N4CCOCC4)nc3)nc3ccncc32)=NC1. The van der Waals surface area contributed by atoms with Crippen molar-refractivity contribution < 1.29 is 4.74 Å². The Hall–Kier alpha value is -2.77. The number of aliphatic imine (C=N–C) groups is 1. The van der Waals surface area contributed by atoms with Crippen LogP contribution in [0.4, 0.5) is 5.82 Å². The molecule has 2 aliphatic heterocycles. The highest BCUT2D eigenvalue weighted by atomic mass is 35.5. The predicted molar refractivity (Wildman–Crippen MR) is 110 cm³/mol. The molecule has 7 nitrogen and oxygen atoms in total. The van der Waals surface area contributed by atoms with Crippen LogP contribution >= 0.6 is 11.6 Å². The molecular weight excluding hydrogens is 376 g/mol. The number of hydrogen-bond donors (Lipinski definition) is 0. The van der Waals surface area contributed by atoms with Crippen LogP contribution < -0.4 is 4.90 Å². The maximum absolute atomic E-state index is 6.15. The van der Waals surface area contributed by atoms with Crippen molar-refractivity contribution >= 4 is 34.3 Å². The number of anilines is 1. The lowest BCUT2D eigenvalue weighted by Gasteiger charge is -2.27. The van der Waals surface area contributed by atoms with Crippen molar-refractivity contribution in [3.05, 3.63) is 48.9 Å². The van der Waals surface area contributed by atoms with Gasteiger partial charge < -0.3 is 9.64 Å². The van der Waals surface area contributed by atoms with E-state index < -0.39 is 0 Å². The van der Waals surface area contributed by atoms with Gasteiger partial charge >= 0.3 is 0 Å². The Labute approximate surface area is 167 Å². The van der Waals surface area contributed by atoms with Crippen LogP contribution in [0.15, 0.2) is 53.9 Å². The van der Waals surface area contributed by atoms with Crippen molar-refractivity contribution in [2.75, 3.05) is 37.7 Å². The van der Waals surface area contributed by atoms with Crippen LogP contribution in [0.3, 0.4) is 0 Å². The highest BCUT2D eigenvalue weighted by molar-refractivity contribution is 6.22. The number of nitrogens with zero attached hydrogens (tertiary/aromatic N) is 6. The first-order valence-electron chi connectivity index (χ1n) is 9.28. The Kier molecular flexibility index (Phi) is 4.54. The van der Waals surface area contributed by atoms with Crippen molar-refractivity contribution in [2.24, 2.45) is 4.99 Å². The van der Waals surface area contributed by atoms with Crippen molar-refractivity contribution in [1.29, 1.82) is 0 Å². The van der Waals surface area contributed by atoms with Crippen molar-refractivity contribution in [1.82, 2.24) is 19.5 Å². The zero-order valence-electron chi connectivity index (χ0n) is 15.2. The lowest BCUT2D eigenvalue weighted by atomic mass is 10.2. The van der Waals surface area contributed by atoms with Crippen LogP contribution in [0.1, 0.15) is 0 Å². The lowest BCUT2D eigenvalue weighted by Crippen LogP contribution is -2.36. The average molecular weight is 395 g/mol. The summed E-state index contributed by atoms with van der Waals surface area (Å²) in [7, 11) is 0. The third-order valence-electron chi connectivity index (χ3n) is 4.91. The molecule has 28 heavy (non-hydrogen) atoms. The summed E-state index contributed by atoms with van der Waals surface area (Å²) in [5.74, 6) is 2.55. The van der Waals surface area contributed by atoms with E-state index in [0.29, 0.717) is 6.54 Å². The minimum Gasteiger partial charge on any atom is -0.378 e. The first kappa shape index (κ1) is 17.3. The van der Waals surface area contributed by atoms with Crippen LogP contribution in [-0.4, -0.2) is 63.6 Å². The molecule has 0 saturated carbocycles. The largest absolute Gasteiger partial charge is 0.378 e. The molecule has 0 bridgehead atoms. The number of alkyl halides is 1. The third-order valence-corrected chi connectivity index (χ3v) is 5.19. The average Bonchev–Trinajstić information content (AvgIpc) is 3.15. The molecule has 0 amide bonds. The highest BCUT2D eigenvalue weighted by Gasteiger charge is 2.19. The molecule has 1 saturated heterocycles. The molecule has 8 heteroatoms. The number of imidazole rings is 1. The van der Waals surface area contributed by atoms with Crippen molar-refractivity contribution in [3.63, 3.8) is 0 Å². The molecule has 0 radical (unpaired) electrons. The monoisotopic (exact) mass is 394 g/mol. The molecule has 5 rings (SSSR count). The smallest absolute Gasteiger partial charge is 0.148 e. The fourth-order valence-corrected chi connectivity index (χ4v) is 3.62. The normalized spacial score (nSPS) is 19.8.